The van der Waals surface area contributed by atoms with Gasteiger partial charge >= 0.3 is 0 Å². The lowest BCUT2D eigenvalue weighted by atomic mass is 9.92. The second-order valence-corrected chi connectivity index (χ2v) is 5.70. The molecular weight excluding hydrogens is 158 g/mol. The van der Waals surface area contributed by atoms with Gasteiger partial charge in [0, 0.05) is 28.3 Å². The van der Waals surface area contributed by atoms with E-state index in [1.165, 1.54) is 11.4 Å². The molecule has 0 aliphatic carbocycles. The largest absolute Gasteiger partial charge is 0.361 e. The van der Waals surface area contributed by atoms with Gasteiger partial charge in [-0.15, -0.1) is 0 Å². The van der Waals surface area contributed by atoms with Crippen LogP contribution in [0.2, 0.25) is 0 Å². The van der Waals surface area contributed by atoms with Crippen LogP contribution in [0.25, 0.3) is 0 Å². The molecule has 1 heterocycles. The highest BCUT2D eigenvalue weighted by Crippen LogP contribution is 2.26. The Kier molecular flexibility index (Phi) is 2.31. The molecule has 0 aromatic carbocycles. The minimum Gasteiger partial charge on any atom is -0.361 e. The van der Waals surface area contributed by atoms with E-state index in [2.05, 4.69) is 58.7 Å². The highest BCUT2D eigenvalue weighted by Gasteiger charge is 2.20. The van der Waals surface area contributed by atoms with E-state index in [1.807, 2.05) is 0 Å². The molecule has 1 rings (SSSR count). The minimum absolute atomic E-state index is 0.170. The van der Waals surface area contributed by atoms with E-state index < -0.39 is 0 Å². The van der Waals surface area contributed by atoms with Crippen LogP contribution in [0.4, 0.5) is 0 Å². The van der Waals surface area contributed by atoms with Gasteiger partial charge in [-0.3, -0.25) is 0 Å². The molecule has 1 N–H and O–H groups in total. The van der Waals surface area contributed by atoms with Gasteiger partial charge in [0.25, 0.3) is 0 Å². The molecule has 0 unspecified atom stereocenters. The molecule has 1 aromatic heterocycles. The molecule has 0 aliphatic heterocycles. The van der Waals surface area contributed by atoms with Crippen molar-refractivity contribution in [3.8, 4) is 0 Å². The van der Waals surface area contributed by atoms with Crippen LogP contribution in [0.5, 0.6) is 0 Å². The lowest BCUT2D eigenvalue weighted by Crippen LogP contribution is -2.15. The second-order valence-electron chi connectivity index (χ2n) is 5.70. The monoisotopic (exact) mass is 178 g/mol. The van der Waals surface area contributed by atoms with Gasteiger partial charge in [0.05, 0.1) is 0 Å². The van der Waals surface area contributed by atoms with Gasteiger partial charge in [-0.1, -0.05) is 41.5 Å². The number of rotatable bonds is 0. The predicted octanol–water partition coefficient (Wildman–Crippen LogP) is 3.41. The van der Waals surface area contributed by atoms with E-state index in [9.17, 15) is 0 Å². The summed E-state index contributed by atoms with van der Waals surface area (Å²) >= 11 is 0. The summed E-state index contributed by atoms with van der Waals surface area (Å²) in [5.41, 5.74) is 2.82. The third-order valence-corrected chi connectivity index (χ3v) is 2.18. The molecule has 1 aromatic rings. The maximum atomic E-state index is 3.44. The predicted molar refractivity (Wildman–Crippen MR) is 57.0 cm³/mol. The Morgan fingerprint density at radius 1 is 1.00 bits per heavy atom. The van der Waals surface area contributed by atoms with Crippen LogP contribution in [0.15, 0.2) is 6.07 Å². The van der Waals surface area contributed by atoms with Crippen LogP contribution in [0, 0.1) is 6.07 Å². The fourth-order valence-electron chi connectivity index (χ4n) is 1.16. The van der Waals surface area contributed by atoms with E-state index >= 15 is 0 Å². The third-order valence-electron chi connectivity index (χ3n) is 2.18. The van der Waals surface area contributed by atoms with Crippen molar-refractivity contribution in [1.82, 2.24) is 4.98 Å². The summed E-state index contributed by atoms with van der Waals surface area (Å²) in [7, 11) is 0. The third kappa shape index (κ3) is 2.36. The fourth-order valence-corrected chi connectivity index (χ4v) is 1.16. The van der Waals surface area contributed by atoms with E-state index in [0.29, 0.717) is 0 Å². The molecule has 1 nitrogen and oxygen atoms in total. The van der Waals surface area contributed by atoms with Gasteiger partial charge in [-0.2, -0.15) is 0 Å². The first-order chi connectivity index (χ1) is 5.71. The van der Waals surface area contributed by atoms with E-state index in [0.717, 1.165) is 0 Å². The number of nitrogens with one attached hydrogen (secondary N) is 1. The maximum absolute atomic E-state index is 3.44. The lowest BCUT2D eigenvalue weighted by molar-refractivity contribution is 0.543. The van der Waals surface area contributed by atoms with Gasteiger partial charge in [0.2, 0.25) is 0 Å². The zero-order valence-electron chi connectivity index (χ0n) is 9.58. The average Bonchev–Trinajstić information content (AvgIpc) is 2.28. The Morgan fingerprint density at radius 3 is 1.77 bits per heavy atom. The minimum atomic E-state index is 0.170. The SMILES string of the molecule is CC(C)(C)c1[c]cc(C(C)(C)C)[nH]1. The normalized spacial score (nSPS) is 13.4. The number of hydrogen-bond acceptors (Lipinski definition) is 0. The molecule has 1 heteroatoms. The Bertz CT molecular complexity index is 252. The molecule has 0 bridgehead atoms. The van der Waals surface area contributed by atoms with E-state index in [4.69, 9.17) is 0 Å². The Balaban J connectivity index is 3.01. The van der Waals surface area contributed by atoms with Crippen LogP contribution in [0.3, 0.4) is 0 Å². The molecule has 0 amide bonds. The van der Waals surface area contributed by atoms with Crippen LogP contribution >= 0.6 is 0 Å². The van der Waals surface area contributed by atoms with Crippen molar-refractivity contribution < 1.29 is 0 Å². The summed E-state index contributed by atoms with van der Waals surface area (Å²) in [5.74, 6) is 0. The highest BCUT2D eigenvalue weighted by molar-refractivity contribution is 5.22. The first kappa shape index (κ1) is 10.4. The summed E-state index contributed by atoms with van der Waals surface area (Å²) in [6, 6.07) is 5.37. The lowest BCUT2D eigenvalue weighted by Gasteiger charge is -2.19. The first-order valence-corrected chi connectivity index (χ1v) is 4.83. The molecule has 0 saturated carbocycles. The summed E-state index contributed by atoms with van der Waals surface area (Å²) in [5, 5.41) is 0. The van der Waals surface area contributed by atoms with Crippen molar-refractivity contribution in [3.63, 3.8) is 0 Å². The van der Waals surface area contributed by atoms with Gasteiger partial charge < -0.3 is 4.98 Å². The van der Waals surface area contributed by atoms with Gasteiger partial charge in [-0.05, 0) is 6.07 Å². The smallest absolute Gasteiger partial charge is 0.0284 e. The maximum Gasteiger partial charge on any atom is 0.0284 e. The number of H-pyrrole nitrogens is 1. The van der Waals surface area contributed by atoms with Crippen LogP contribution in [0.1, 0.15) is 52.9 Å². The van der Waals surface area contributed by atoms with Crippen molar-refractivity contribution in [1.29, 1.82) is 0 Å². The fraction of sp³-hybridized carbons (Fsp3) is 0.667. The standard InChI is InChI=1S/C12H20N/c1-11(2,3)9-7-8-10(13-9)12(4,5)6/h7,13H,1-6H3. The Morgan fingerprint density at radius 2 is 1.54 bits per heavy atom. The number of hydrogen-bond donors (Lipinski definition) is 1. The second kappa shape index (κ2) is 2.90. The summed E-state index contributed by atoms with van der Waals surface area (Å²) in [6.07, 6.45) is 0. The Labute approximate surface area is 81.6 Å². The zero-order chi connectivity index (χ0) is 10.3. The molecule has 1 radical (unpaired) electrons. The Hall–Kier alpha value is -0.720. The van der Waals surface area contributed by atoms with E-state index in [-0.39, 0.29) is 10.8 Å². The molecule has 0 saturated heterocycles. The summed E-state index contributed by atoms with van der Waals surface area (Å²) < 4.78 is 0. The van der Waals surface area contributed by atoms with Crippen molar-refractivity contribution >= 4 is 0 Å². The first-order valence-electron chi connectivity index (χ1n) is 4.83. The van der Waals surface area contributed by atoms with Crippen molar-refractivity contribution in [3.05, 3.63) is 23.5 Å². The number of aromatic nitrogens is 1. The molecular formula is C12H20N. The average molecular weight is 178 g/mol. The van der Waals surface area contributed by atoms with Crippen LogP contribution < -0.4 is 0 Å². The van der Waals surface area contributed by atoms with Gasteiger partial charge in [-0.25, -0.2) is 0 Å². The molecule has 0 fully saturated rings. The van der Waals surface area contributed by atoms with Gasteiger partial charge in [0.15, 0.2) is 0 Å². The molecule has 0 atom stereocenters. The molecule has 0 aliphatic rings. The molecule has 73 valence electrons. The van der Waals surface area contributed by atoms with Crippen LogP contribution in [-0.4, -0.2) is 4.98 Å². The highest BCUT2D eigenvalue weighted by atomic mass is 14.8. The van der Waals surface area contributed by atoms with Crippen LogP contribution in [-0.2, 0) is 10.8 Å². The quantitative estimate of drug-likeness (QED) is 0.626. The van der Waals surface area contributed by atoms with Crippen molar-refractivity contribution in [2.45, 2.75) is 52.4 Å². The summed E-state index contributed by atoms with van der Waals surface area (Å²) in [4.78, 5) is 3.44. The molecule has 0 spiro atoms. The van der Waals surface area contributed by atoms with Crippen molar-refractivity contribution in [2.24, 2.45) is 0 Å². The number of aromatic amines is 1. The van der Waals surface area contributed by atoms with E-state index in [1.54, 1.807) is 0 Å². The topological polar surface area (TPSA) is 15.8 Å². The van der Waals surface area contributed by atoms with Crippen molar-refractivity contribution in [2.75, 3.05) is 0 Å². The molecule has 13 heavy (non-hydrogen) atoms. The van der Waals surface area contributed by atoms with Gasteiger partial charge in [0.1, 0.15) is 0 Å². The summed E-state index contributed by atoms with van der Waals surface area (Å²) in [6.45, 7) is 13.2. The zero-order valence-corrected chi connectivity index (χ0v) is 9.58.